The van der Waals surface area contributed by atoms with Gasteiger partial charge in [0.1, 0.15) is 16.6 Å². The topological polar surface area (TPSA) is 33.2 Å². The summed E-state index contributed by atoms with van der Waals surface area (Å²) in [4.78, 5) is 18.7. The monoisotopic (exact) mass is 376 g/mol. The summed E-state index contributed by atoms with van der Waals surface area (Å²) in [5.41, 5.74) is 2.49. The molecule has 3 aromatic rings. The molecule has 0 spiro atoms. The van der Waals surface area contributed by atoms with Crippen molar-refractivity contribution in [2.24, 2.45) is 0 Å². The number of fused-ring (bicyclic) bond motifs is 1. The first-order chi connectivity index (χ1) is 12.1. The molecule has 0 radical (unpaired) electrons. The highest BCUT2D eigenvalue weighted by Gasteiger charge is 2.26. The molecule has 2 aromatic heterocycles. The van der Waals surface area contributed by atoms with Crippen molar-refractivity contribution in [1.82, 2.24) is 4.98 Å². The van der Waals surface area contributed by atoms with Crippen molar-refractivity contribution in [3.63, 3.8) is 0 Å². The molecule has 128 valence electrons. The van der Waals surface area contributed by atoms with Gasteiger partial charge in [0.05, 0.1) is 17.8 Å². The SMILES string of the molecule is O=C(Cc1csc(-c2ccsc2)n1)N1CCCc2c(F)cc(F)cc21. The van der Waals surface area contributed by atoms with Gasteiger partial charge >= 0.3 is 0 Å². The fourth-order valence-electron chi connectivity index (χ4n) is 3.03. The predicted octanol–water partition coefficient (Wildman–Crippen LogP) is 4.67. The standard InChI is InChI=1S/C18H14F2N2OS2/c19-12-6-15(20)14-2-1-4-22(16(14)7-12)17(23)8-13-10-25-18(21-13)11-3-5-24-9-11/h3,5-7,9-10H,1-2,4,8H2. The molecule has 0 fully saturated rings. The molecular weight excluding hydrogens is 362 g/mol. The zero-order valence-electron chi connectivity index (χ0n) is 13.2. The minimum atomic E-state index is -0.663. The Morgan fingerprint density at radius 3 is 2.96 bits per heavy atom. The number of amides is 1. The Labute approximate surface area is 151 Å². The van der Waals surface area contributed by atoms with Crippen LogP contribution in [0.5, 0.6) is 0 Å². The zero-order valence-corrected chi connectivity index (χ0v) is 14.8. The van der Waals surface area contributed by atoms with E-state index in [1.54, 1.807) is 11.3 Å². The van der Waals surface area contributed by atoms with E-state index in [-0.39, 0.29) is 12.3 Å². The average molecular weight is 376 g/mol. The zero-order chi connectivity index (χ0) is 17.4. The normalized spacial score (nSPS) is 13.8. The number of carbonyl (C=O) groups excluding carboxylic acids is 1. The van der Waals surface area contributed by atoms with Crippen LogP contribution >= 0.6 is 22.7 Å². The molecule has 0 bridgehead atoms. The van der Waals surface area contributed by atoms with Crippen LogP contribution < -0.4 is 4.90 Å². The molecule has 0 aliphatic carbocycles. The van der Waals surface area contributed by atoms with Gasteiger partial charge in [0.15, 0.2) is 0 Å². The summed E-state index contributed by atoms with van der Waals surface area (Å²) >= 11 is 3.09. The Morgan fingerprint density at radius 1 is 1.28 bits per heavy atom. The van der Waals surface area contributed by atoms with Gasteiger partial charge in [0.25, 0.3) is 0 Å². The number of nitrogens with zero attached hydrogens (tertiary/aromatic N) is 2. The number of thiophene rings is 1. The Kier molecular flexibility index (Phi) is 4.35. The number of hydrogen-bond acceptors (Lipinski definition) is 4. The number of thiazole rings is 1. The summed E-state index contributed by atoms with van der Waals surface area (Å²) in [6, 6.07) is 4.11. The smallest absolute Gasteiger partial charge is 0.233 e. The molecule has 4 rings (SSSR count). The summed E-state index contributed by atoms with van der Waals surface area (Å²) < 4.78 is 27.6. The van der Waals surface area contributed by atoms with Crippen molar-refractivity contribution in [2.75, 3.05) is 11.4 Å². The third kappa shape index (κ3) is 3.21. The third-order valence-electron chi connectivity index (χ3n) is 4.19. The Hall–Kier alpha value is -2.12. The van der Waals surface area contributed by atoms with Gasteiger partial charge in [-0.1, -0.05) is 0 Å². The fraction of sp³-hybridized carbons (Fsp3) is 0.222. The van der Waals surface area contributed by atoms with Crippen LogP contribution in [0.15, 0.2) is 34.3 Å². The first-order valence-electron chi connectivity index (χ1n) is 7.87. The van der Waals surface area contributed by atoms with Gasteiger partial charge < -0.3 is 4.90 Å². The molecule has 1 aromatic carbocycles. The van der Waals surface area contributed by atoms with E-state index in [0.29, 0.717) is 36.3 Å². The molecule has 1 aliphatic heterocycles. The van der Waals surface area contributed by atoms with Crippen molar-refractivity contribution in [2.45, 2.75) is 19.3 Å². The van der Waals surface area contributed by atoms with Gasteiger partial charge in [-0.2, -0.15) is 11.3 Å². The lowest BCUT2D eigenvalue weighted by Gasteiger charge is -2.29. The summed E-state index contributed by atoms with van der Waals surface area (Å²) in [5, 5.41) is 6.73. The van der Waals surface area contributed by atoms with Gasteiger partial charge in [0, 0.05) is 34.5 Å². The van der Waals surface area contributed by atoms with Crippen molar-refractivity contribution in [3.8, 4) is 10.6 Å². The van der Waals surface area contributed by atoms with Crippen LogP contribution in [0, 0.1) is 11.6 Å². The summed E-state index contributed by atoms with van der Waals surface area (Å²) in [5.74, 6) is -1.43. The number of carbonyl (C=O) groups is 1. The highest BCUT2D eigenvalue weighted by atomic mass is 32.1. The highest BCUT2D eigenvalue weighted by Crippen LogP contribution is 2.31. The third-order valence-corrected chi connectivity index (χ3v) is 5.81. The van der Waals surface area contributed by atoms with Crippen molar-refractivity contribution in [1.29, 1.82) is 0 Å². The maximum absolute atomic E-state index is 14.0. The molecule has 0 atom stereocenters. The maximum atomic E-state index is 14.0. The van der Waals surface area contributed by atoms with Gasteiger partial charge in [-0.15, -0.1) is 11.3 Å². The number of benzene rings is 1. The second kappa shape index (κ2) is 6.65. The van der Waals surface area contributed by atoms with Gasteiger partial charge in [-0.05, 0) is 30.4 Å². The Balaban J connectivity index is 1.57. The summed E-state index contributed by atoms with van der Waals surface area (Å²) in [6.07, 6.45) is 1.31. The van der Waals surface area contributed by atoms with Crippen LogP contribution in [0.3, 0.4) is 0 Å². The maximum Gasteiger partial charge on any atom is 0.233 e. The quantitative estimate of drug-likeness (QED) is 0.665. The van der Waals surface area contributed by atoms with Crippen LogP contribution in [-0.4, -0.2) is 17.4 Å². The van der Waals surface area contributed by atoms with Crippen LogP contribution in [0.2, 0.25) is 0 Å². The molecule has 3 heterocycles. The van der Waals surface area contributed by atoms with E-state index in [4.69, 9.17) is 0 Å². The first-order valence-corrected chi connectivity index (χ1v) is 9.69. The predicted molar refractivity (Wildman–Crippen MR) is 96.2 cm³/mol. The molecule has 0 saturated carbocycles. The lowest BCUT2D eigenvalue weighted by molar-refractivity contribution is -0.118. The number of halogens is 2. The minimum Gasteiger partial charge on any atom is -0.312 e. The van der Waals surface area contributed by atoms with Crippen molar-refractivity contribution >= 4 is 34.3 Å². The summed E-state index contributed by atoms with van der Waals surface area (Å²) in [7, 11) is 0. The minimum absolute atomic E-state index is 0.123. The van der Waals surface area contributed by atoms with Gasteiger partial charge in [-0.3, -0.25) is 4.79 Å². The van der Waals surface area contributed by atoms with Gasteiger partial charge in [0.2, 0.25) is 5.91 Å². The molecule has 0 saturated heterocycles. The highest BCUT2D eigenvalue weighted by molar-refractivity contribution is 7.14. The summed E-state index contributed by atoms with van der Waals surface area (Å²) in [6.45, 7) is 0.469. The largest absolute Gasteiger partial charge is 0.312 e. The Bertz CT molecular complexity index is 921. The molecule has 1 amide bonds. The van der Waals surface area contributed by atoms with E-state index in [0.717, 1.165) is 16.6 Å². The average Bonchev–Trinajstić information content (AvgIpc) is 3.25. The second-order valence-corrected chi connectivity index (χ2v) is 7.51. The van der Waals surface area contributed by atoms with Crippen LogP contribution in [-0.2, 0) is 17.6 Å². The van der Waals surface area contributed by atoms with E-state index in [2.05, 4.69) is 4.98 Å². The van der Waals surface area contributed by atoms with E-state index in [9.17, 15) is 13.6 Å². The Morgan fingerprint density at radius 2 is 2.16 bits per heavy atom. The van der Waals surface area contributed by atoms with Gasteiger partial charge in [-0.25, -0.2) is 13.8 Å². The van der Waals surface area contributed by atoms with E-state index in [1.807, 2.05) is 22.2 Å². The number of rotatable bonds is 3. The van der Waals surface area contributed by atoms with Crippen LogP contribution in [0.4, 0.5) is 14.5 Å². The van der Waals surface area contributed by atoms with E-state index < -0.39 is 11.6 Å². The van der Waals surface area contributed by atoms with Crippen molar-refractivity contribution < 1.29 is 13.6 Å². The first kappa shape index (κ1) is 16.4. The van der Waals surface area contributed by atoms with Crippen LogP contribution in [0.25, 0.3) is 10.6 Å². The molecule has 25 heavy (non-hydrogen) atoms. The van der Waals surface area contributed by atoms with Crippen molar-refractivity contribution in [3.05, 3.63) is 57.2 Å². The molecule has 0 N–H and O–H groups in total. The number of hydrogen-bond donors (Lipinski definition) is 0. The number of anilines is 1. The molecule has 1 aliphatic rings. The molecular formula is C18H14F2N2OS2. The fourth-order valence-corrected chi connectivity index (χ4v) is 4.56. The molecule has 3 nitrogen and oxygen atoms in total. The lowest BCUT2D eigenvalue weighted by Crippen LogP contribution is -2.37. The molecule has 7 heteroatoms. The lowest BCUT2D eigenvalue weighted by atomic mass is 10.0. The van der Waals surface area contributed by atoms with E-state index >= 15 is 0 Å². The number of aromatic nitrogens is 1. The second-order valence-electron chi connectivity index (χ2n) is 5.87. The van der Waals surface area contributed by atoms with Crippen LogP contribution in [0.1, 0.15) is 17.7 Å². The molecule has 0 unspecified atom stereocenters. The van der Waals surface area contributed by atoms with E-state index in [1.165, 1.54) is 22.3 Å².